The van der Waals surface area contributed by atoms with Crippen molar-refractivity contribution in [3.63, 3.8) is 0 Å². The molecule has 21 heavy (non-hydrogen) atoms. The number of hydrogen-bond donors (Lipinski definition) is 0. The highest BCUT2D eigenvalue weighted by molar-refractivity contribution is 5.91. The molecule has 0 radical (unpaired) electrons. The van der Waals surface area contributed by atoms with E-state index in [1.54, 1.807) is 0 Å². The van der Waals surface area contributed by atoms with Gasteiger partial charge in [0.2, 0.25) is 0 Å². The van der Waals surface area contributed by atoms with Gasteiger partial charge in [-0.15, -0.1) is 0 Å². The fourth-order valence-electron chi connectivity index (χ4n) is 2.58. The highest BCUT2D eigenvalue weighted by Crippen LogP contribution is 2.22. The van der Waals surface area contributed by atoms with E-state index in [4.69, 9.17) is 0 Å². The summed E-state index contributed by atoms with van der Waals surface area (Å²) in [6.07, 6.45) is 14.4. The van der Waals surface area contributed by atoms with Gasteiger partial charge in [0.1, 0.15) is 0 Å². The molecule has 0 saturated carbocycles. The van der Waals surface area contributed by atoms with E-state index < -0.39 is 0 Å². The normalized spacial score (nSPS) is 31.4. The van der Waals surface area contributed by atoms with Crippen LogP contribution >= 0.6 is 0 Å². The summed E-state index contributed by atoms with van der Waals surface area (Å²) in [6.45, 7) is 10.8. The molecular weight excluding hydrogens is 256 g/mol. The van der Waals surface area contributed by atoms with Gasteiger partial charge >= 0.3 is 0 Å². The Morgan fingerprint density at radius 3 is 2.48 bits per heavy atom. The fraction of sp³-hybridized carbons (Fsp3) is 0.550. The van der Waals surface area contributed by atoms with E-state index in [1.807, 2.05) is 13.0 Å². The van der Waals surface area contributed by atoms with Gasteiger partial charge in [-0.05, 0) is 57.9 Å². The molecule has 1 aliphatic carbocycles. The zero-order chi connectivity index (χ0) is 15.8. The standard InChI is InChI=1S/C20H30O/c1-15(2)19-11-9-16(3)7-6-8-17(4)13-20(21)14-18(5)10-12-19/h7-9,11,14-15,19H,6,10,12-13H2,1-5H3/b11-9+,16-7+,17-8+,18-14+/t19-/m0/s1. The van der Waals surface area contributed by atoms with Crippen LogP contribution in [0.2, 0.25) is 0 Å². The van der Waals surface area contributed by atoms with Gasteiger partial charge in [0.25, 0.3) is 0 Å². The number of carbonyl (C=O) groups is 1. The second-order valence-electron chi connectivity index (χ2n) is 6.67. The van der Waals surface area contributed by atoms with Gasteiger partial charge in [0.15, 0.2) is 5.78 Å². The smallest absolute Gasteiger partial charge is 0.159 e. The van der Waals surface area contributed by atoms with Gasteiger partial charge in [0, 0.05) is 6.42 Å². The highest BCUT2D eigenvalue weighted by Gasteiger charge is 2.10. The minimum atomic E-state index is 0.232. The number of ketones is 1. The van der Waals surface area contributed by atoms with E-state index in [0.717, 1.165) is 24.8 Å². The lowest BCUT2D eigenvalue weighted by atomic mass is 9.88. The van der Waals surface area contributed by atoms with Crippen molar-refractivity contribution in [2.24, 2.45) is 11.8 Å². The van der Waals surface area contributed by atoms with Crippen LogP contribution in [-0.4, -0.2) is 5.78 Å². The molecule has 1 rings (SSSR count). The van der Waals surface area contributed by atoms with Crippen molar-refractivity contribution in [2.45, 2.75) is 60.3 Å². The fourth-order valence-corrected chi connectivity index (χ4v) is 2.58. The molecule has 0 heterocycles. The summed E-state index contributed by atoms with van der Waals surface area (Å²) >= 11 is 0. The molecule has 1 heteroatoms. The molecule has 1 aliphatic rings. The molecule has 0 unspecified atom stereocenters. The molecule has 0 aliphatic heterocycles. The van der Waals surface area contributed by atoms with Gasteiger partial charge in [-0.2, -0.15) is 0 Å². The largest absolute Gasteiger partial charge is 0.295 e. The summed E-state index contributed by atoms with van der Waals surface area (Å²) in [6, 6.07) is 0. The SMILES string of the molecule is CC1=C\C/C=C(\C)CC(=O)/C=C(\C)CC[C@@H](C(C)C)\C=C\1. The number of carbonyl (C=O) groups excluding carboxylic acids is 1. The topological polar surface area (TPSA) is 17.1 Å². The number of rotatable bonds is 1. The van der Waals surface area contributed by atoms with E-state index >= 15 is 0 Å². The van der Waals surface area contributed by atoms with Crippen LogP contribution in [0, 0.1) is 11.8 Å². The molecule has 1 atom stereocenters. The van der Waals surface area contributed by atoms with Gasteiger partial charge in [0.05, 0.1) is 0 Å². The van der Waals surface area contributed by atoms with Crippen molar-refractivity contribution >= 4 is 5.78 Å². The van der Waals surface area contributed by atoms with E-state index in [-0.39, 0.29) is 5.78 Å². The average molecular weight is 286 g/mol. The van der Waals surface area contributed by atoms with Crippen molar-refractivity contribution < 1.29 is 4.79 Å². The lowest BCUT2D eigenvalue weighted by Crippen LogP contribution is -2.06. The third-order valence-electron chi connectivity index (χ3n) is 4.10. The molecule has 0 fully saturated rings. The van der Waals surface area contributed by atoms with Crippen LogP contribution in [0.3, 0.4) is 0 Å². The van der Waals surface area contributed by atoms with E-state index in [2.05, 4.69) is 52.0 Å². The van der Waals surface area contributed by atoms with Crippen LogP contribution in [-0.2, 0) is 4.79 Å². The van der Waals surface area contributed by atoms with Gasteiger partial charge in [-0.25, -0.2) is 0 Å². The van der Waals surface area contributed by atoms with Crippen molar-refractivity contribution in [3.8, 4) is 0 Å². The predicted molar refractivity (Wildman–Crippen MR) is 92.2 cm³/mol. The van der Waals surface area contributed by atoms with Crippen LogP contribution < -0.4 is 0 Å². The molecule has 0 bridgehead atoms. The first-order valence-electron chi connectivity index (χ1n) is 8.09. The predicted octanol–water partition coefficient (Wildman–Crippen LogP) is 5.80. The molecule has 0 saturated heterocycles. The molecule has 0 aromatic rings. The Morgan fingerprint density at radius 2 is 1.81 bits per heavy atom. The minimum absolute atomic E-state index is 0.232. The lowest BCUT2D eigenvalue weighted by Gasteiger charge is -2.17. The monoisotopic (exact) mass is 286 g/mol. The molecule has 0 N–H and O–H groups in total. The minimum Gasteiger partial charge on any atom is -0.295 e. The first kappa shape index (κ1) is 17.7. The first-order valence-corrected chi connectivity index (χ1v) is 8.09. The van der Waals surface area contributed by atoms with Crippen molar-refractivity contribution in [2.75, 3.05) is 0 Å². The molecule has 0 aromatic heterocycles. The first-order chi connectivity index (χ1) is 9.88. The Bertz CT molecular complexity index is 472. The van der Waals surface area contributed by atoms with Crippen LogP contribution in [0.4, 0.5) is 0 Å². The molecule has 0 spiro atoms. The zero-order valence-corrected chi connectivity index (χ0v) is 14.3. The third kappa shape index (κ3) is 7.27. The molecule has 116 valence electrons. The third-order valence-corrected chi connectivity index (χ3v) is 4.10. The van der Waals surface area contributed by atoms with Crippen LogP contribution in [0.15, 0.2) is 47.1 Å². The van der Waals surface area contributed by atoms with Crippen molar-refractivity contribution in [3.05, 3.63) is 47.1 Å². The molecule has 1 nitrogen and oxygen atoms in total. The van der Waals surface area contributed by atoms with Crippen LogP contribution in [0.25, 0.3) is 0 Å². The maximum absolute atomic E-state index is 12.0. The Morgan fingerprint density at radius 1 is 1.10 bits per heavy atom. The Labute approximate surface area is 130 Å². The van der Waals surface area contributed by atoms with E-state index in [9.17, 15) is 4.79 Å². The maximum atomic E-state index is 12.0. The summed E-state index contributed by atoms with van der Waals surface area (Å²) in [4.78, 5) is 12.0. The summed E-state index contributed by atoms with van der Waals surface area (Å²) in [5.74, 6) is 1.44. The zero-order valence-electron chi connectivity index (χ0n) is 14.3. The van der Waals surface area contributed by atoms with Crippen molar-refractivity contribution in [1.29, 1.82) is 0 Å². The molecule has 0 amide bonds. The summed E-state index contributed by atoms with van der Waals surface area (Å²) in [5, 5.41) is 0. The second kappa shape index (κ2) is 8.81. The summed E-state index contributed by atoms with van der Waals surface area (Å²) in [7, 11) is 0. The Hall–Kier alpha value is -1.37. The quantitative estimate of drug-likeness (QED) is 0.557. The second-order valence-corrected chi connectivity index (χ2v) is 6.67. The van der Waals surface area contributed by atoms with Gasteiger partial charge in [-0.3, -0.25) is 4.79 Å². The highest BCUT2D eigenvalue weighted by atomic mass is 16.1. The lowest BCUT2D eigenvalue weighted by molar-refractivity contribution is -0.114. The van der Waals surface area contributed by atoms with Gasteiger partial charge < -0.3 is 0 Å². The molecular formula is C20H30O. The van der Waals surface area contributed by atoms with Crippen molar-refractivity contribution in [1.82, 2.24) is 0 Å². The van der Waals surface area contributed by atoms with Gasteiger partial charge in [-0.1, -0.05) is 54.9 Å². The average Bonchev–Trinajstić information content (AvgIpc) is 2.36. The summed E-state index contributed by atoms with van der Waals surface area (Å²) < 4.78 is 0. The number of hydrogen-bond acceptors (Lipinski definition) is 1. The van der Waals surface area contributed by atoms with E-state index in [1.165, 1.54) is 11.1 Å². The maximum Gasteiger partial charge on any atom is 0.159 e. The summed E-state index contributed by atoms with van der Waals surface area (Å²) in [5.41, 5.74) is 3.67. The van der Waals surface area contributed by atoms with Crippen LogP contribution in [0.5, 0.6) is 0 Å². The Balaban J connectivity index is 2.96. The molecule has 0 aromatic carbocycles. The van der Waals surface area contributed by atoms with Crippen LogP contribution in [0.1, 0.15) is 60.3 Å². The number of allylic oxidation sites excluding steroid dienone is 8. The van der Waals surface area contributed by atoms with E-state index in [0.29, 0.717) is 18.3 Å². The Kier molecular flexibility index (Phi) is 7.42.